The molecule has 0 saturated heterocycles. The molecule has 8 nitrogen and oxygen atoms in total. The lowest BCUT2D eigenvalue weighted by Crippen LogP contribution is -2.39. The smallest absolute Gasteiger partial charge is 0.272 e. The second-order valence-electron chi connectivity index (χ2n) is 6.15. The highest BCUT2D eigenvalue weighted by Gasteiger charge is 2.24. The zero-order valence-corrected chi connectivity index (χ0v) is 12.6. The number of nitrogens with zero attached hydrogens (tertiary/aromatic N) is 2. The molecule has 0 radical (unpaired) electrons. The second kappa shape index (κ2) is 5.72. The molecule has 1 aromatic carbocycles. The lowest BCUT2D eigenvalue weighted by atomic mass is 9.89. The number of carbonyl (C=O) groups excluding carboxylic acids is 1. The van der Waals surface area contributed by atoms with Crippen molar-refractivity contribution in [1.82, 2.24) is 15.5 Å². The summed E-state index contributed by atoms with van der Waals surface area (Å²) in [7, 11) is 0. The van der Waals surface area contributed by atoms with Gasteiger partial charge in [-0.1, -0.05) is 20.8 Å². The predicted octanol–water partition coefficient (Wildman–Crippen LogP) is 1.61. The third-order valence-electron chi connectivity index (χ3n) is 3.43. The van der Waals surface area contributed by atoms with Crippen molar-refractivity contribution in [2.24, 2.45) is 5.41 Å². The van der Waals surface area contributed by atoms with E-state index in [9.17, 15) is 20.0 Å². The number of benzene rings is 1. The zero-order chi connectivity index (χ0) is 16.5. The number of rotatable bonds is 4. The molecule has 1 aromatic heterocycles. The van der Waals surface area contributed by atoms with Crippen molar-refractivity contribution < 1.29 is 14.8 Å². The Balaban J connectivity index is 2.21. The highest BCUT2D eigenvalue weighted by Crippen LogP contribution is 2.22. The fourth-order valence-corrected chi connectivity index (χ4v) is 1.87. The Hall–Kier alpha value is -2.48. The van der Waals surface area contributed by atoms with Crippen molar-refractivity contribution in [1.29, 1.82) is 0 Å². The van der Waals surface area contributed by atoms with Crippen LogP contribution in [0.1, 0.15) is 31.3 Å². The van der Waals surface area contributed by atoms with Gasteiger partial charge in [0.05, 0.1) is 16.5 Å². The van der Waals surface area contributed by atoms with Gasteiger partial charge in [0.1, 0.15) is 0 Å². The average Bonchev–Trinajstić information content (AvgIpc) is 2.86. The SMILES string of the molecule is CC(C)(C)C(O)CNC(=O)c1n[nH]c2ccc([N+](=O)[O-])cc12. The monoisotopic (exact) mass is 306 g/mol. The standard InChI is InChI=1S/C14H18N4O4/c1-14(2,3)11(19)7-15-13(20)12-9-6-8(18(21)22)4-5-10(9)16-17-12/h4-6,11,19H,7H2,1-3H3,(H,15,20)(H,16,17). The molecule has 0 aliphatic carbocycles. The summed E-state index contributed by atoms with van der Waals surface area (Å²) >= 11 is 0. The molecule has 22 heavy (non-hydrogen) atoms. The van der Waals surface area contributed by atoms with Crippen molar-refractivity contribution in [2.45, 2.75) is 26.9 Å². The van der Waals surface area contributed by atoms with E-state index >= 15 is 0 Å². The summed E-state index contributed by atoms with van der Waals surface area (Å²) in [6, 6.07) is 4.14. The van der Waals surface area contributed by atoms with Crippen LogP contribution in [0.5, 0.6) is 0 Å². The van der Waals surface area contributed by atoms with E-state index in [0.717, 1.165) is 0 Å². The van der Waals surface area contributed by atoms with E-state index in [2.05, 4.69) is 15.5 Å². The molecule has 1 amide bonds. The second-order valence-corrected chi connectivity index (χ2v) is 6.15. The molecule has 2 rings (SSSR count). The largest absolute Gasteiger partial charge is 0.391 e. The first-order valence-electron chi connectivity index (χ1n) is 6.79. The number of amides is 1. The van der Waals surface area contributed by atoms with Gasteiger partial charge in [-0.15, -0.1) is 0 Å². The number of carbonyl (C=O) groups is 1. The van der Waals surface area contributed by atoms with Crippen molar-refractivity contribution in [3.05, 3.63) is 34.0 Å². The molecule has 0 spiro atoms. The Kier molecular flexibility index (Phi) is 4.14. The molecule has 1 heterocycles. The molecular formula is C14H18N4O4. The van der Waals surface area contributed by atoms with Gasteiger partial charge < -0.3 is 10.4 Å². The van der Waals surface area contributed by atoms with Gasteiger partial charge in [0.15, 0.2) is 5.69 Å². The number of hydrogen-bond donors (Lipinski definition) is 3. The van der Waals surface area contributed by atoms with Crippen LogP contribution in [0, 0.1) is 15.5 Å². The molecule has 1 unspecified atom stereocenters. The molecule has 2 aromatic rings. The molecule has 0 aliphatic heterocycles. The minimum atomic E-state index is -0.712. The summed E-state index contributed by atoms with van der Waals surface area (Å²) in [6.07, 6.45) is -0.712. The van der Waals surface area contributed by atoms with Gasteiger partial charge in [-0.05, 0) is 11.5 Å². The van der Waals surface area contributed by atoms with E-state index in [4.69, 9.17) is 0 Å². The number of H-pyrrole nitrogens is 1. The van der Waals surface area contributed by atoms with E-state index in [1.165, 1.54) is 18.2 Å². The summed E-state index contributed by atoms with van der Waals surface area (Å²) in [5.41, 5.74) is 0.129. The summed E-state index contributed by atoms with van der Waals surface area (Å²) in [5, 5.41) is 30.3. The van der Waals surface area contributed by atoms with Crippen molar-refractivity contribution in [3.63, 3.8) is 0 Å². The van der Waals surface area contributed by atoms with Gasteiger partial charge >= 0.3 is 0 Å². The molecule has 118 valence electrons. The lowest BCUT2D eigenvalue weighted by Gasteiger charge is -2.25. The van der Waals surface area contributed by atoms with Crippen LogP contribution >= 0.6 is 0 Å². The van der Waals surface area contributed by atoms with Crippen LogP contribution in [0.4, 0.5) is 5.69 Å². The molecule has 3 N–H and O–H groups in total. The fourth-order valence-electron chi connectivity index (χ4n) is 1.87. The van der Waals surface area contributed by atoms with Crippen molar-refractivity contribution >= 4 is 22.5 Å². The van der Waals surface area contributed by atoms with E-state index in [-0.39, 0.29) is 23.3 Å². The van der Waals surface area contributed by atoms with Gasteiger partial charge in [0.25, 0.3) is 11.6 Å². The minimum absolute atomic E-state index is 0.0693. The minimum Gasteiger partial charge on any atom is -0.391 e. The number of fused-ring (bicyclic) bond motifs is 1. The van der Waals surface area contributed by atoms with Gasteiger partial charge in [0, 0.05) is 24.1 Å². The Bertz CT molecular complexity index is 717. The summed E-state index contributed by atoms with van der Waals surface area (Å²) in [5.74, 6) is -0.491. The maximum atomic E-state index is 12.2. The molecular weight excluding hydrogens is 288 g/mol. The van der Waals surface area contributed by atoms with Crippen LogP contribution in [0.25, 0.3) is 10.9 Å². The number of nitrogens with one attached hydrogen (secondary N) is 2. The van der Waals surface area contributed by atoms with Crippen LogP contribution in [0.2, 0.25) is 0 Å². The average molecular weight is 306 g/mol. The molecule has 0 fully saturated rings. The summed E-state index contributed by atoms with van der Waals surface area (Å²) < 4.78 is 0. The van der Waals surface area contributed by atoms with Crippen LogP contribution in [-0.2, 0) is 0 Å². The number of aliphatic hydroxyl groups is 1. The Morgan fingerprint density at radius 1 is 1.50 bits per heavy atom. The highest BCUT2D eigenvalue weighted by atomic mass is 16.6. The molecule has 0 saturated carbocycles. The quantitative estimate of drug-likeness (QED) is 0.585. The van der Waals surface area contributed by atoms with Crippen LogP contribution in [0.15, 0.2) is 18.2 Å². The Morgan fingerprint density at radius 2 is 2.18 bits per heavy atom. The fraction of sp³-hybridized carbons (Fsp3) is 0.429. The molecule has 8 heteroatoms. The normalized spacial score (nSPS) is 13.1. The number of non-ortho nitro benzene ring substituents is 1. The van der Waals surface area contributed by atoms with E-state index < -0.39 is 16.9 Å². The van der Waals surface area contributed by atoms with Crippen LogP contribution in [0.3, 0.4) is 0 Å². The number of hydrogen-bond acceptors (Lipinski definition) is 5. The van der Waals surface area contributed by atoms with Crippen LogP contribution < -0.4 is 5.32 Å². The lowest BCUT2D eigenvalue weighted by molar-refractivity contribution is -0.384. The van der Waals surface area contributed by atoms with E-state index in [1.54, 1.807) is 0 Å². The number of aliphatic hydroxyl groups excluding tert-OH is 1. The van der Waals surface area contributed by atoms with Gasteiger partial charge in [-0.2, -0.15) is 5.10 Å². The number of aromatic amines is 1. The molecule has 0 aliphatic rings. The maximum absolute atomic E-state index is 12.2. The molecule has 1 atom stereocenters. The number of nitro benzene ring substituents is 1. The summed E-state index contributed by atoms with van der Waals surface area (Å²) in [6.45, 7) is 5.65. The van der Waals surface area contributed by atoms with Gasteiger partial charge in [-0.25, -0.2) is 0 Å². The summed E-state index contributed by atoms with van der Waals surface area (Å²) in [4.78, 5) is 22.4. The van der Waals surface area contributed by atoms with Gasteiger partial charge in [-0.3, -0.25) is 20.0 Å². The number of nitro groups is 1. The maximum Gasteiger partial charge on any atom is 0.272 e. The third-order valence-corrected chi connectivity index (χ3v) is 3.43. The van der Waals surface area contributed by atoms with Crippen LogP contribution in [-0.4, -0.2) is 38.8 Å². The van der Waals surface area contributed by atoms with Gasteiger partial charge in [0.2, 0.25) is 0 Å². The zero-order valence-electron chi connectivity index (χ0n) is 12.6. The molecule has 0 bridgehead atoms. The number of aromatic nitrogens is 2. The van der Waals surface area contributed by atoms with E-state index in [1.807, 2.05) is 20.8 Å². The van der Waals surface area contributed by atoms with Crippen molar-refractivity contribution in [3.8, 4) is 0 Å². The van der Waals surface area contributed by atoms with E-state index in [0.29, 0.717) is 10.9 Å². The predicted molar refractivity (Wildman–Crippen MR) is 80.5 cm³/mol. The van der Waals surface area contributed by atoms with Crippen molar-refractivity contribution in [2.75, 3.05) is 6.54 Å². The third kappa shape index (κ3) is 3.22. The Morgan fingerprint density at radius 3 is 2.77 bits per heavy atom. The highest BCUT2D eigenvalue weighted by molar-refractivity contribution is 6.05. The first kappa shape index (κ1) is 15.9. The first-order valence-corrected chi connectivity index (χ1v) is 6.79. The first-order chi connectivity index (χ1) is 10.2. The topological polar surface area (TPSA) is 121 Å². The Labute approximate surface area is 126 Å².